The van der Waals surface area contributed by atoms with Crippen molar-refractivity contribution in [2.75, 3.05) is 11.1 Å². The maximum atomic E-state index is 13.5. The molecule has 104 valence electrons. The van der Waals surface area contributed by atoms with Crippen molar-refractivity contribution >= 4 is 17.3 Å². The maximum Gasteiger partial charge on any atom is 0.255 e. The molecule has 0 aliphatic heterocycles. The first-order valence-corrected chi connectivity index (χ1v) is 6.33. The van der Waals surface area contributed by atoms with Gasteiger partial charge in [0, 0.05) is 16.9 Å². The lowest BCUT2D eigenvalue weighted by atomic mass is 10.1. The molecule has 20 heavy (non-hydrogen) atoms. The third-order valence-corrected chi connectivity index (χ3v) is 3.39. The minimum absolute atomic E-state index is 0.286. The van der Waals surface area contributed by atoms with Gasteiger partial charge in [0.05, 0.1) is 0 Å². The number of nitrogens with one attached hydrogen (secondary N) is 1. The summed E-state index contributed by atoms with van der Waals surface area (Å²) in [4.78, 5) is 12.2. The van der Waals surface area contributed by atoms with Crippen molar-refractivity contribution < 1.29 is 9.18 Å². The molecule has 0 heterocycles. The standard InChI is InChI=1S/C16H17FN2O/c1-9-4-6-12(8-13(9)17)16(20)19-15-10(2)5-7-14(18)11(15)3/h4-8H,18H2,1-3H3,(H,19,20). The predicted molar refractivity (Wildman–Crippen MR) is 79.4 cm³/mol. The molecule has 3 N–H and O–H groups in total. The van der Waals surface area contributed by atoms with Crippen LogP contribution in [0.15, 0.2) is 30.3 Å². The fourth-order valence-electron chi connectivity index (χ4n) is 1.98. The molecule has 2 aromatic rings. The van der Waals surface area contributed by atoms with Gasteiger partial charge in [0.2, 0.25) is 0 Å². The molecule has 2 aromatic carbocycles. The summed E-state index contributed by atoms with van der Waals surface area (Å²) in [5.41, 5.74) is 9.65. The Balaban J connectivity index is 2.32. The van der Waals surface area contributed by atoms with E-state index >= 15 is 0 Å². The quantitative estimate of drug-likeness (QED) is 0.821. The van der Waals surface area contributed by atoms with E-state index in [4.69, 9.17) is 5.73 Å². The molecule has 0 spiro atoms. The lowest BCUT2D eigenvalue weighted by Crippen LogP contribution is -2.14. The van der Waals surface area contributed by atoms with Crippen LogP contribution in [-0.2, 0) is 0 Å². The minimum Gasteiger partial charge on any atom is -0.398 e. The molecular weight excluding hydrogens is 255 g/mol. The molecule has 0 fully saturated rings. The van der Waals surface area contributed by atoms with Crippen LogP contribution in [0.25, 0.3) is 0 Å². The monoisotopic (exact) mass is 272 g/mol. The summed E-state index contributed by atoms with van der Waals surface area (Å²) in [6.45, 7) is 5.38. The highest BCUT2D eigenvalue weighted by atomic mass is 19.1. The Kier molecular flexibility index (Phi) is 3.74. The summed E-state index contributed by atoms with van der Waals surface area (Å²) in [6, 6.07) is 8.06. The second kappa shape index (κ2) is 5.33. The normalized spacial score (nSPS) is 10.4. The van der Waals surface area contributed by atoms with Crippen LogP contribution < -0.4 is 11.1 Å². The molecule has 0 aliphatic carbocycles. The van der Waals surface area contributed by atoms with Gasteiger partial charge in [0.1, 0.15) is 5.82 Å². The first-order chi connectivity index (χ1) is 9.40. The molecular formula is C16H17FN2O. The number of hydrogen-bond acceptors (Lipinski definition) is 2. The van der Waals surface area contributed by atoms with E-state index < -0.39 is 5.82 Å². The van der Waals surface area contributed by atoms with Crippen LogP contribution in [0.4, 0.5) is 15.8 Å². The number of carbonyl (C=O) groups excluding carboxylic acids is 1. The van der Waals surface area contributed by atoms with Crippen molar-refractivity contribution in [1.29, 1.82) is 0 Å². The lowest BCUT2D eigenvalue weighted by molar-refractivity contribution is 0.102. The van der Waals surface area contributed by atoms with Crippen molar-refractivity contribution in [1.82, 2.24) is 0 Å². The summed E-state index contributed by atoms with van der Waals surface area (Å²) in [5.74, 6) is -0.737. The Morgan fingerprint density at radius 1 is 1.10 bits per heavy atom. The molecule has 0 radical (unpaired) electrons. The smallest absolute Gasteiger partial charge is 0.255 e. The Labute approximate surface area is 117 Å². The zero-order valence-electron chi connectivity index (χ0n) is 11.8. The Morgan fingerprint density at radius 2 is 1.75 bits per heavy atom. The van der Waals surface area contributed by atoms with Gasteiger partial charge in [-0.15, -0.1) is 0 Å². The average molecular weight is 272 g/mol. The topological polar surface area (TPSA) is 55.1 Å². The minimum atomic E-state index is -0.390. The van der Waals surface area contributed by atoms with Crippen molar-refractivity contribution in [3.63, 3.8) is 0 Å². The van der Waals surface area contributed by atoms with Crippen molar-refractivity contribution in [3.8, 4) is 0 Å². The summed E-state index contributed by atoms with van der Waals surface area (Å²) in [5, 5.41) is 2.80. The molecule has 0 unspecified atom stereocenters. The number of rotatable bonds is 2. The summed E-state index contributed by atoms with van der Waals surface area (Å²) in [6.07, 6.45) is 0. The van der Waals surface area contributed by atoms with Gasteiger partial charge in [-0.3, -0.25) is 4.79 Å². The Morgan fingerprint density at radius 3 is 2.40 bits per heavy atom. The Hall–Kier alpha value is -2.36. The molecule has 4 heteroatoms. The average Bonchev–Trinajstić information content (AvgIpc) is 2.42. The van der Waals surface area contributed by atoms with E-state index in [2.05, 4.69) is 5.32 Å². The van der Waals surface area contributed by atoms with Crippen LogP contribution >= 0.6 is 0 Å². The zero-order chi connectivity index (χ0) is 14.9. The number of amides is 1. The largest absolute Gasteiger partial charge is 0.398 e. The molecule has 1 amide bonds. The maximum absolute atomic E-state index is 13.5. The van der Waals surface area contributed by atoms with E-state index in [0.29, 0.717) is 16.9 Å². The molecule has 0 aromatic heterocycles. The highest BCUT2D eigenvalue weighted by molar-refractivity contribution is 6.05. The van der Waals surface area contributed by atoms with E-state index in [1.807, 2.05) is 19.9 Å². The van der Waals surface area contributed by atoms with Crippen LogP contribution in [-0.4, -0.2) is 5.91 Å². The number of nitrogens with two attached hydrogens (primary N) is 1. The molecule has 2 rings (SSSR count). The predicted octanol–water partition coefficient (Wildman–Crippen LogP) is 3.59. The van der Waals surface area contributed by atoms with E-state index in [0.717, 1.165) is 11.1 Å². The molecule has 3 nitrogen and oxygen atoms in total. The number of aryl methyl sites for hydroxylation is 2. The van der Waals surface area contributed by atoms with Gasteiger partial charge in [-0.1, -0.05) is 12.1 Å². The molecule has 0 bridgehead atoms. The van der Waals surface area contributed by atoms with Gasteiger partial charge < -0.3 is 11.1 Å². The number of carbonyl (C=O) groups is 1. The molecule has 0 saturated carbocycles. The Bertz CT molecular complexity index is 680. The van der Waals surface area contributed by atoms with Crippen LogP contribution in [0.2, 0.25) is 0 Å². The zero-order valence-corrected chi connectivity index (χ0v) is 11.8. The third-order valence-electron chi connectivity index (χ3n) is 3.39. The van der Waals surface area contributed by atoms with Crippen molar-refractivity contribution in [2.45, 2.75) is 20.8 Å². The van der Waals surface area contributed by atoms with Crippen LogP contribution in [0.3, 0.4) is 0 Å². The molecule has 0 saturated heterocycles. The van der Waals surface area contributed by atoms with E-state index in [9.17, 15) is 9.18 Å². The van der Waals surface area contributed by atoms with Gasteiger partial charge in [-0.05, 0) is 55.7 Å². The van der Waals surface area contributed by atoms with Gasteiger partial charge in [-0.25, -0.2) is 4.39 Å². The third kappa shape index (κ3) is 2.64. The SMILES string of the molecule is Cc1ccc(C(=O)Nc2c(C)ccc(N)c2C)cc1F. The summed E-state index contributed by atoms with van der Waals surface area (Å²) in [7, 11) is 0. The number of hydrogen-bond donors (Lipinski definition) is 2. The van der Waals surface area contributed by atoms with Gasteiger partial charge in [0.15, 0.2) is 0 Å². The second-order valence-electron chi connectivity index (χ2n) is 4.89. The first-order valence-electron chi connectivity index (χ1n) is 6.33. The molecule has 0 aliphatic rings. The fraction of sp³-hybridized carbons (Fsp3) is 0.188. The van der Waals surface area contributed by atoms with Crippen molar-refractivity contribution in [3.05, 3.63) is 58.4 Å². The number of benzene rings is 2. The fourth-order valence-corrected chi connectivity index (χ4v) is 1.98. The number of anilines is 2. The van der Waals surface area contributed by atoms with Crippen LogP contribution in [0.5, 0.6) is 0 Å². The number of halogens is 1. The van der Waals surface area contributed by atoms with E-state index in [1.165, 1.54) is 6.07 Å². The number of nitrogen functional groups attached to an aromatic ring is 1. The van der Waals surface area contributed by atoms with E-state index in [-0.39, 0.29) is 11.5 Å². The summed E-state index contributed by atoms with van der Waals surface area (Å²) < 4.78 is 13.5. The lowest BCUT2D eigenvalue weighted by Gasteiger charge is -2.13. The summed E-state index contributed by atoms with van der Waals surface area (Å²) >= 11 is 0. The van der Waals surface area contributed by atoms with E-state index in [1.54, 1.807) is 25.1 Å². The van der Waals surface area contributed by atoms with Crippen molar-refractivity contribution in [2.24, 2.45) is 0 Å². The van der Waals surface area contributed by atoms with Gasteiger partial charge in [0.25, 0.3) is 5.91 Å². The molecule has 0 atom stereocenters. The highest BCUT2D eigenvalue weighted by Gasteiger charge is 2.12. The van der Waals surface area contributed by atoms with Crippen LogP contribution in [0.1, 0.15) is 27.0 Å². The van der Waals surface area contributed by atoms with Crippen LogP contribution in [0, 0.1) is 26.6 Å². The van der Waals surface area contributed by atoms with Gasteiger partial charge >= 0.3 is 0 Å². The van der Waals surface area contributed by atoms with Gasteiger partial charge in [-0.2, -0.15) is 0 Å². The first kappa shape index (κ1) is 14.1. The second-order valence-corrected chi connectivity index (χ2v) is 4.89. The highest BCUT2D eigenvalue weighted by Crippen LogP contribution is 2.25.